The summed E-state index contributed by atoms with van der Waals surface area (Å²) in [5, 5.41) is 32.5. The van der Waals surface area contributed by atoms with Crippen LogP contribution in [0.3, 0.4) is 0 Å². The Morgan fingerprint density at radius 2 is 0.893 bits per heavy atom. The van der Waals surface area contributed by atoms with Crippen LogP contribution in [0.15, 0.2) is 156 Å². The molecule has 0 bridgehead atoms. The van der Waals surface area contributed by atoms with E-state index >= 15 is 8.78 Å². The second kappa shape index (κ2) is 23.4. The van der Waals surface area contributed by atoms with Gasteiger partial charge in [0.25, 0.3) is 22.9 Å². The van der Waals surface area contributed by atoms with Crippen molar-refractivity contribution in [3.05, 3.63) is 213 Å². The number of nitriles is 2. The molecule has 2 aliphatic carbocycles. The fraction of sp³-hybridized carbons (Fsp3) is 0.194. The van der Waals surface area contributed by atoms with E-state index in [1.165, 1.54) is 131 Å². The maximum atomic E-state index is 15.6. The van der Waals surface area contributed by atoms with Gasteiger partial charge in [0.1, 0.15) is 58.1 Å². The number of nitrogens with zero attached hydrogens (tertiary/aromatic N) is 10. The predicted octanol–water partition coefficient (Wildman–Crippen LogP) is 10.9. The number of halogens is 4. The van der Waals surface area contributed by atoms with Crippen molar-refractivity contribution < 1.29 is 27.2 Å². The van der Waals surface area contributed by atoms with Crippen LogP contribution in [-0.4, -0.2) is 50.1 Å². The lowest BCUT2D eigenvalue weighted by Crippen LogP contribution is -2.27. The molecule has 0 aliphatic heterocycles. The lowest BCUT2D eigenvalue weighted by Gasteiger charge is -2.24. The molecule has 2 saturated carbocycles. The molecule has 0 unspecified atom stereocenters. The molecule has 6 N–H and O–H groups in total. The van der Waals surface area contributed by atoms with Crippen LogP contribution in [0, 0.1) is 57.8 Å². The summed E-state index contributed by atoms with van der Waals surface area (Å²) >= 11 is 0. The quantitative estimate of drug-likeness (QED) is 0.0932. The van der Waals surface area contributed by atoms with E-state index < -0.39 is 46.2 Å². The Morgan fingerprint density at radius 3 is 1.25 bits per heavy atom. The topological polar surface area (TPSA) is 262 Å². The van der Waals surface area contributed by atoms with Crippen molar-refractivity contribution in [2.75, 3.05) is 22.1 Å². The molecule has 420 valence electrons. The number of nitrogens with one attached hydrogen (secondary N) is 2. The zero-order chi connectivity index (χ0) is 58.8. The van der Waals surface area contributed by atoms with Crippen molar-refractivity contribution in [1.29, 1.82) is 10.5 Å². The van der Waals surface area contributed by atoms with Gasteiger partial charge in [-0.2, -0.15) is 20.7 Å². The molecule has 0 saturated heterocycles. The highest BCUT2D eigenvalue weighted by Crippen LogP contribution is 2.43. The highest BCUT2D eigenvalue weighted by Gasteiger charge is 2.30. The molecule has 84 heavy (non-hydrogen) atoms. The maximum absolute atomic E-state index is 15.6. The number of nitrogens with two attached hydrogens (primary N) is 2. The van der Waals surface area contributed by atoms with Gasteiger partial charge in [-0.05, 0) is 173 Å². The number of carbonyl (C=O) groups is 2. The Hall–Kier alpha value is -10.7. The number of aromatic nitrogens is 8. The van der Waals surface area contributed by atoms with E-state index in [0.717, 1.165) is 62.8 Å². The minimum absolute atomic E-state index is 0.0357. The van der Waals surface area contributed by atoms with Gasteiger partial charge in [-0.15, -0.1) is 0 Å². The zero-order valence-electron chi connectivity index (χ0n) is 44.6. The lowest BCUT2D eigenvalue weighted by molar-refractivity contribution is 0.101. The third-order valence-corrected chi connectivity index (χ3v) is 15.5. The van der Waals surface area contributed by atoms with Gasteiger partial charge in [0, 0.05) is 92.5 Å². The van der Waals surface area contributed by atoms with Crippen LogP contribution in [-0.2, 0) is 0 Å². The fourth-order valence-electron chi connectivity index (χ4n) is 11.2. The molecule has 4 aromatic carbocycles. The number of rotatable bonds is 10. The van der Waals surface area contributed by atoms with E-state index in [1.54, 1.807) is 21.2 Å². The zero-order valence-corrected chi connectivity index (χ0v) is 44.6. The number of pyridine rings is 2. The number of hydrogen-bond acceptors (Lipinski definition) is 12. The first-order valence-electron chi connectivity index (χ1n) is 26.9. The molecule has 0 atom stereocenters. The number of anilines is 4. The van der Waals surface area contributed by atoms with Crippen LogP contribution in [0.25, 0.3) is 44.7 Å². The summed E-state index contributed by atoms with van der Waals surface area (Å²) in [6.45, 7) is 0. The van der Waals surface area contributed by atoms with E-state index in [0.29, 0.717) is 33.5 Å². The molecule has 18 nitrogen and oxygen atoms in total. The highest BCUT2D eigenvalue weighted by molar-refractivity contribution is 6.05. The van der Waals surface area contributed by atoms with Crippen molar-refractivity contribution in [3.8, 4) is 45.8 Å². The van der Waals surface area contributed by atoms with Crippen LogP contribution in [0.1, 0.15) is 95.3 Å². The summed E-state index contributed by atoms with van der Waals surface area (Å²) in [5.74, 6) is -2.81. The minimum atomic E-state index is -0.717. The summed E-state index contributed by atoms with van der Waals surface area (Å²) < 4.78 is 63.7. The van der Waals surface area contributed by atoms with Gasteiger partial charge in [0.15, 0.2) is 11.6 Å². The van der Waals surface area contributed by atoms with Gasteiger partial charge in [-0.1, -0.05) is 0 Å². The standard InChI is InChI=1S/2C31H25F2N7O2/c2*32-20-7-10-22(11-8-20)39-13-1-2-24(31(39)42)30(41)38-21-9-12-23(26(33)14-21)25-15-27(19-5-3-18(16-34)4-6-19)40-28(25)29(35)36-17-37-40/h2*1-2,7-15,17-19H,3-6H2,(H,38,41)(H2,35,36,37). The van der Waals surface area contributed by atoms with Crippen molar-refractivity contribution in [2.45, 2.75) is 63.2 Å². The van der Waals surface area contributed by atoms with Gasteiger partial charge < -0.3 is 22.1 Å². The van der Waals surface area contributed by atoms with Crippen LogP contribution in [0.5, 0.6) is 0 Å². The van der Waals surface area contributed by atoms with Crippen LogP contribution >= 0.6 is 0 Å². The van der Waals surface area contributed by atoms with E-state index in [4.69, 9.17) is 11.5 Å². The molecular formula is C62H50F4N14O4. The number of hydrogen-bond donors (Lipinski definition) is 4. The van der Waals surface area contributed by atoms with Crippen molar-refractivity contribution in [1.82, 2.24) is 38.3 Å². The van der Waals surface area contributed by atoms with E-state index in [1.807, 2.05) is 12.1 Å². The number of fused-ring (bicyclic) bond motifs is 2. The first-order chi connectivity index (χ1) is 40.7. The Morgan fingerprint density at radius 1 is 0.512 bits per heavy atom. The Kier molecular flexibility index (Phi) is 15.4. The predicted molar refractivity (Wildman–Crippen MR) is 306 cm³/mol. The van der Waals surface area contributed by atoms with Gasteiger partial charge in [0.2, 0.25) is 0 Å². The maximum Gasteiger partial charge on any atom is 0.267 e. The second-order valence-electron chi connectivity index (χ2n) is 20.6. The molecule has 22 heteroatoms. The molecule has 2 amide bonds. The number of carbonyl (C=O) groups excluding carboxylic acids is 2. The van der Waals surface area contributed by atoms with Crippen molar-refractivity contribution >= 4 is 45.9 Å². The second-order valence-corrected chi connectivity index (χ2v) is 20.6. The van der Waals surface area contributed by atoms with Crippen LogP contribution < -0.4 is 33.2 Å². The average Bonchev–Trinajstić information content (AvgIpc) is 3.06. The molecule has 0 spiro atoms. The molecule has 6 heterocycles. The van der Waals surface area contributed by atoms with Gasteiger partial charge in [-0.25, -0.2) is 36.6 Å². The van der Waals surface area contributed by atoms with Crippen molar-refractivity contribution in [3.63, 3.8) is 0 Å². The number of benzene rings is 4. The van der Waals surface area contributed by atoms with E-state index in [9.17, 15) is 38.5 Å². The fourth-order valence-corrected chi connectivity index (χ4v) is 11.2. The molecule has 10 aromatic rings. The monoisotopic (exact) mass is 1130 g/mol. The summed E-state index contributed by atoms with van der Waals surface area (Å²) in [5.41, 5.74) is 16.3. The molecule has 2 aliphatic rings. The van der Waals surface area contributed by atoms with Gasteiger partial charge in [0.05, 0.1) is 12.1 Å². The first kappa shape index (κ1) is 55.2. The molecule has 12 rings (SSSR count). The smallest absolute Gasteiger partial charge is 0.267 e. The molecule has 2 fully saturated rings. The molecule has 0 radical (unpaired) electrons. The number of nitrogen functional groups attached to an aromatic ring is 2. The van der Waals surface area contributed by atoms with E-state index in [2.05, 4.69) is 42.9 Å². The summed E-state index contributed by atoms with van der Waals surface area (Å²) in [6, 6.07) is 33.3. The SMILES string of the molecule is N#CC1CCC(c2cc(-c3ccc(NC(=O)c4cccn(-c5ccc(F)cc5)c4=O)cc3F)c3c(N)ncnn23)CC1.N#CC1CCC(c2cc(-c3ccc(NC(=O)c4cccn(-c5ccc(F)cc5)c4=O)cc3F)c3c(N)ncnn23)CC1. The normalized spacial score (nSPS) is 16.7. The first-order valence-corrected chi connectivity index (χ1v) is 26.9. The summed E-state index contributed by atoms with van der Waals surface area (Å²) in [6.07, 6.45) is 12.0. The summed E-state index contributed by atoms with van der Waals surface area (Å²) in [4.78, 5) is 60.3. The molecular weight excluding hydrogens is 1080 g/mol. The van der Waals surface area contributed by atoms with Gasteiger partial charge >= 0.3 is 0 Å². The number of amides is 2. The lowest BCUT2D eigenvalue weighted by atomic mass is 9.81. The minimum Gasteiger partial charge on any atom is -0.382 e. The largest absolute Gasteiger partial charge is 0.382 e. The van der Waals surface area contributed by atoms with Gasteiger partial charge in [-0.3, -0.25) is 28.3 Å². The third-order valence-electron chi connectivity index (χ3n) is 15.5. The summed E-state index contributed by atoms with van der Waals surface area (Å²) in [7, 11) is 0. The van der Waals surface area contributed by atoms with E-state index in [-0.39, 0.29) is 68.9 Å². The average molecular weight is 1130 g/mol. The Bertz CT molecular complexity index is 4110. The van der Waals surface area contributed by atoms with Crippen LogP contribution in [0.2, 0.25) is 0 Å². The third kappa shape index (κ3) is 10.9. The molecule has 6 aromatic heterocycles. The van der Waals surface area contributed by atoms with Crippen LogP contribution in [0.4, 0.5) is 40.6 Å². The highest BCUT2D eigenvalue weighted by atomic mass is 19.1. The Labute approximate surface area is 475 Å². The van der Waals surface area contributed by atoms with Crippen molar-refractivity contribution in [2.24, 2.45) is 11.8 Å². The Balaban J connectivity index is 0.000000175.